The molecule has 1 amide bonds. The molecule has 0 aliphatic carbocycles. The van der Waals surface area contributed by atoms with Crippen molar-refractivity contribution in [2.75, 3.05) is 11.6 Å². The summed E-state index contributed by atoms with van der Waals surface area (Å²) in [5, 5.41) is 7.22. The van der Waals surface area contributed by atoms with Crippen molar-refractivity contribution >= 4 is 35.1 Å². The summed E-state index contributed by atoms with van der Waals surface area (Å²) in [7, 11) is 1.79. The van der Waals surface area contributed by atoms with Gasteiger partial charge in [-0.25, -0.2) is 0 Å². The van der Waals surface area contributed by atoms with Gasteiger partial charge in [0.05, 0.1) is 10.6 Å². The molecule has 0 atom stereocenters. The van der Waals surface area contributed by atoms with Gasteiger partial charge in [-0.3, -0.25) is 9.48 Å². The average molecular weight is 282 g/mol. The monoisotopic (exact) mass is 281 g/mol. The number of anilines is 1. The van der Waals surface area contributed by atoms with E-state index >= 15 is 0 Å². The Bertz CT molecular complexity index is 582. The molecule has 0 bridgehead atoms. The Morgan fingerprint density at radius 3 is 2.83 bits per heavy atom. The Morgan fingerprint density at radius 1 is 1.44 bits per heavy atom. The molecule has 0 saturated carbocycles. The third-order valence-electron chi connectivity index (χ3n) is 2.37. The first-order chi connectivity index (χ1) is 8.60. The molecular formula is C12H12ClN3OS. The van der Waals surface area contributed by atoms with E-state index in [0.29, 0.717) is 16.4 Å². The van der Waals surface area contributed by atoms with Crippen LogP contribution in [0.15, 0.2) is 35.4 Å². The van der Waals surface area contributed by atoms with Crippen LogP contribution in [0.5, 0.6) is 0 Å². The van der Waals surface area contributed by atoms with Gasteiger partial charge in [0.2, 0.25) is 0 Å². The number of hydrogen-bond acceptors (Lipinski definition) is 3. The summed E-state index contributed by atoms with van der Waals surface area (Å²) in [4.78, 5) is 13.0. The number of halogens is 1. The Balaban J connectivity index is 2.23. The molecule has 1 aromatic heterocycles. The number of carbonyl (C=O) groups is 1. The molecule has 0 aliphatic rings. The molecule has 0 fully saturated rings. The molecule has 0 aliphatic heterocycles. The van der Waals surface area contributed by atoms with Crippen molar-refractivity contribution in [1.29, 1.82) is 0 Å². The van der Waals surface area contributed by atoms with Crippen LogP contribution in [0, 0.1) is 0 Å². The lowest BCUT2D eigenvalue weighted by Crippen LogP contribution is -2.13. The summed E-state index contributed by atoms with van der Waals surface area (Å²) in [6, 6.07) is 7.10. The summed E-state index contributed by atoms with van der Waals surface area (Å²) in [6.07, 6.45) is 3.71. The maximum atomic E-state index is 12.1. The molecule has 0 spiro atoms. The lowest BCUT2D eigenvalue weighted by atomic mass is 10.2. The highest BCUT2D eigenvalue weighted by atomic mass is 35.5. The largest absolute Gasteiger partial charge is 0.305 e. The summed E-state index contributed by atoms with van der Waals surface area (Å²) < 4.78 is 1.62. The Kier molecular flexibility index (Phi) is 3.93. The van der Waals surface area contributed by atoms with Crippen LogP contribution >= 0.6 is 23.4 Å². The number of amides is 1. The predicted octanol–water partition coefficient (Wildman–Crippen LogP) is 3.05. The molecule has 4 nitrogen and oxygen atoms in total. The zero-order valence-electron chi connectivity index (χ0n) is 9.98. The van der Waals surface area contributed by atoms with Gasteiger partial charge in [0, 0.05) is 24.2 Å². The van der Waals surface area contributed by atoms with Crippen molar-refractivity contribution in [3.05, 3.63) is 41.0 Å². The van der Waals surface area contributed by atoms with E-state index in [1.165, 1.54) is 0 Å². The standard InChI is InChI=1S/C12H12ClN3OS/c1-16-6-5-11(15-16)14-12(17)9-7-8(18-2)3-4-10(9)13/h3-7H,1-2H3,(H,14,15,17). The molecule has 1 aromatic carbocycles. The molecule has 94 valence electrons. The first-order valence-corrected chi connectivity index (χ1v) is 6.85. The third-order valence-corrected chi connectivity index (χ3v) is 3.43. The molecular weight excluding hydrogens is 270 g/mol. The van der Waals surface area contributed by atoms with Crippen molar-refractivity contribution in [2.24, 2.45) is 7.05 Å². The van der Waals surface area contributed by atoms with E-state index in [9.17, 15) is 4.79 Å². The second-order valence-electron chi connectivity index (χ2n) is 3.67. The zero-order valence-corrected chi connectivity index (χ0v) is 11.5. The molecule has 2 aromatic rings. The van der Waals surface area contributed by atoms with Gasteiger partial charge < -0.3 is 5.32 Å². The topological polar surface area (TPSA) is 46.9 Å². The Labute approximate surface area is 114 Å². The second-order valence-corrected chi connectivity index (χ2v) is 4.96. The van der Waals surface area contributed by atoms with Gasteiger partial charge in [-0.15, -0.1) is 11.8 Å². The van der Waals surface area contributed by atoms with E-state index in [-0.39, 0.29) is 5.91 Å². The molecule has 1 N–H and O–H groups in total. The van der Waals surface area contributed by atoms with Crippen LogP contribution in [0.2, 0.25) is 5.02 Å². The smallest absolute Gasteiger partial charge is 0.258 e. The molecule has 1 heterocycles. The summed E-state index contributed by atoms with van der Waals surface area (Å²) in [6.45, 7) is 0. The lowest BCUT2D eigenvalue weighted by Gasteiger charge is -2.06. The number of benzene rings is 1. The minimum absolute atomic E-state index is 0.255. The van der Waals surface area contributed by atoms with E-state index in [2.05, 4.69) is 10.4 Å². The fraction of sp³-hybridized carbons (Fsp3) is 0.167. The third kappa shape index (κ3) is 2.86. The van der Waals surface area contributed by atoms with Crippen LogP contribution in [0.4, 0.5) is 5.82 Å². The number of thioether (sulfide) groups is 1. The highest BCUT2D eigenvalue weighted by molar-refractivity contribution is 7.98. The maximum absolute atomic E-state index is 12.1. The number of carbonyl (C=O) groups excluding carboxylic acids is 1. The van der Waals surface area contributed by atoms with Crippen molar-refractivity contribution < 1.29 is 4.79 Å². The van der Waals surface area contributed by atoms with E-state index in [0.717, 1.165) is 4.90 Å². The minimum Gasteiger partial charge on any atom is -0.305 e. The van der Waals surface area contributed by atoms with E-state index in [1.54, 1.807) is 47.9 Å². The number of nitrogens with one attached hydrogen (secondary N) is 1. The molecule has 18 heavy (non-hydrogen) atoms. The van der Waals surface area contributed by atoms with Crippen LogP contribution in [-0.4, -0.2) is 21.9 Å². The van der Waals surface area contributed by atoms with Gasteiger partial charge in [-0.1, -0.05) is 11.6 Å². The van der Waals surface area contributed by atoms with Gasteiger partial charge in [0.25, 0.3) is 5.91 Å². The highest BCUT2D eigenvalue weighted by Gasteiger charge is 2.12. The van der Waals surface area contributed by atoms with E-state index in [4.69, 9.17) is 11.6 Å². The van der Waals surface area contributed by atoms with Crippen LogP contribution < -0.4 is 5.32 Å². The summed E-state index contributed by atoms with van der Waals surface area (Å²) in [5.41, 5.74) is 0.453. The fourth-order valence-electron chi connectivity index (χ4n) is 1.47. The average Bonchev–Trinajstić information content (AvgIpc) is 2.75. The van der Waals surface area contributed by atoms with Crippen LogP contribution in [0.25, 0.3) is 0 Å². The lowest BCUT2D eigenvalue weighted by molar-refractivity contribution is 0.102. The van der Waals surface area contributed by atoms with Crippen molar-refractivity contribution in [3.8, 4) is 0 Å². The van der Waals surface area contributed by atoms with Gasteiger partial charge in [0.1, 0.15) is 0 Å². The highest BCUT2D eigenvalue weighted by Crippen LogP contribution is 2.23. The number of rotatable bonds is 3. The quantitative estimate of drug-likeness (QED) is 0.880. The van der Waals surface area contributed by atoms with E-state index in [1.807, 2.05) is 12.3 Å². The number of aryl methyl sites for hydroxylation is 1. The van der Waals surface area contributed by atoms with Gasteiger partial charge in [-0.2, -0.15) is 5.10 Å². The maximum Gasteiger partial charge on any atom is 0.258 e. The molecule has 0 unspecified atom stereocenters. The SMILES string of the molecule is CSc1ccc(Cl)c(C(=O)Nc2ccn(C)n2)c1. The first-order valence-electron chi connectivity index (χ1n) is 5.24. The minimum atomic E-state index is -0.255. The molecule has 0 saturated heterocycles. The second kappa shape index (κ2) is 5.46. The van der Waals surface area contributed by atoms with Crippen molar-refractivity contribution in [2.45, 2.75) is 4.90 Å². The van der Waals surface area contributed by atoms with Gasteiger partial charge in [0.15, 0.2) is 5.82 Å². The molecule has 2 rings (SSSR count). The first kappa shape index (κ1) is 13.0. The van der Waals surface area contributed by atoms with Gasteiger partial charge in [-0.05, 0) is 24.5 Å². The van der Waals surface area contributed by atoms with Crippen molar-refractivity contribution in [3.63, 3.8) is 0 Å². The normalized spacial score (nSPS) is 10.4. The van der Waals surface area contributed by atoms with Crippen LogP contribution in [0.3, 0.4) is 0 Å². The fourth-order valence-corrected chi connectivity index (χ4v) is 2.11. The van der Waals surface area contributed by atoms with Crippen LogP contribution in [-0.2, 0) is 7.05 Å². The van der Waals surface area contributed by atoms with Gasteiger partial charge >= 0.3 is 0 Å². The summed E-state index contributed by atoms with van der Waals surface area (Å²) >= 11 is 7.58. The zero-order chi connectivity index (χ0) is 13.1. The van der Waals surface area contributed by atoms with E-state index < -0.39 is 0 Å². The van der Waals surface area contributed by atoms with Crippen molar-refractivity contribution in [1.82, 2.24) is 9.78 Å². The number of hydrogen-bond donors (Lipinski definition) is 1. The molecule has 6 heteroatoms. The number of nitrogens with zero attached hydrogens (tertiary/aromatic N) is 2. The van der Waals surface area contributed by atoms with Crippen LogP contribution in [0.1, 0.15) is 10.4 Å². The predicted molar refractivity (Wildman–Crippen MR) is 74.4 cm³/mol. The molecule has 0 radical (unpaired) electrons. The Morgan fingerprint density at radius 2 is 2.22 bits per heavy atom. The summed E-state index contributed by atoms with van der Waals surface area (Å²) in [5.74, 6) is 0.253. The Hall–Kier alpha value is -1.46. The number of aromatic nitrogens is 2.